The zero-order valence-corrected chi connectivity index (χ0v) is 11.0. The number of carbonyl (C=O) groups excluding carboxylic acids is 1. The molecule has 112 valence electrons. The van der Waals surface area contributed by atoms with Crippen LogP contribution in [-0.2, 0) is 20.8 Å². The highest BCUT2D eigenvalue weighted by atomic mass is 32.2. The van der Waals surface area contributed by atoms with E-state index < -0.39 is 38.1 Å². The number of rotatable bonds is 2. The van der Waals surface area contributed by atoms with Crippen molar-refractivity contribution < 1.29 is 31.1 Å². The van der Waals surface area contributed by atoms with E-state index >= 15 is 0 Å². The fraction of sp³-hybridized carbons (Fsp3) is 0.0833. The van der Waals surface area contributed by atoms with Gasteiger partial charge in [0.15, 0.2) is 0 Å². The molecule has 0 radical (unpaired) electrons. The lowest BCUT2D eigenvalue weighted by Gasteiger charge is -2.09. The van der Waals surface area contributed by atoms with E-state index in [1.807, 2.05) is 0 Å². The number of alkyl halides is 3. The number of carbonyl (C=O) groups is 1. The third kappa shape index (κ3) is 3.07. The van der Waals surface area contributed by atoms with Gasteiger partial charge in [-0.15, -0.1) is 0 Å². The molecule has 9 heteroatoms. The summed E-state index contributed by atoms with van der Waals surface area (Å²) in [5, 5.41) is 0.0184. The maximum atomic E-state index is 12.5. The van der Waals surface area contributed by atoms with Crippen LogP contribution in [0.1, 0.15) is 5.56 Å². The first-order valence-corrected chi connectivity index (χ1v) is 6.98. The molecule has 5 nitrogen and oxygen atoms in total. The second-order valence-electron chi connectivity index (χ2n) is 4.04. The molecule has 21 heavy (non-hydrogen) atoms. The summed E-state index contributed by atoms with van der Waals surface area (Å²) in [7, 11) is -3.85. The van der Waals surface area contributed by atoms with E-state index in [0.717, 1.165) is 24.3 Å². The minimum atomic E-state index is -4.59. The Kier molecular flexibility index (Phi) is 3.54. The van der Waals surface area contributed by atoms with Crippen LogP contribution in [0.3, 0.4) is 0 Å². The highest BCUT2D eigenvalue weighted by molar-refractivity contribution is 7.98. The van der Waals surface area contributed by atoms with E-state index in [0.29, 0.717) is 11.5 Å². The highest BCUT2D eigenvalue weighted by Crippen LogP contribution is 2.31. The number of hydrogen-bond acceptors (Lipinski definition) is 5. The molecule has 0 atom stereocenters. The van der Waals surface area contributed by atoms with Crippen molar-refractivity contribution in [3.63, 3.8) is 0 Å². The number of halogens is 3. The van der Waals surface area contributed by atoms with Gasteiger partial charge in [0, 0.05) is 5.41 Å². The molecule has 1 aliphatic heterocycles. The van der Waals surface area contributed by atoms with Crippen molar-refractivity contribution in [2.45, 2.75) is 6.18 Å². The van der Waals surface area contributed by atoms with Crippen LogP contribution in [0.2, 0.25) is 0 Å². The van der Waals surface area contributed by atoms with E-state index in [9.17, 15) is 26.4 Å². The molecule has 0 unspecified atom stereocenters. The highest BCUT2D eigenvalue weighted by Gasteiger charge is 2.31. The number of benzene rings is 1. The molecule has 1 aliphatic rings. The van der Waals surface area contributed by atoms with Crippen LogP contribution >= 0.6 is 0 Å². The first-order chi connectivity index (χ1) is 9.61. The molecule has 2 rings (SSSR count). The molecule has 0 saturated carbocycles. The zero-order chi connectivity index (χ0) is 15.8. The van der Waals surface area contributed by atoms with Crippen LogP contribution in [0.25, 0.3) is 0 Å². The van der Waals surface area contributed by atoms with Crippen molar-refractivity contribution in [2.24, 2.45) is 5.73 Å². The number of ether oxygens (including phenoxy) is 1. The standard InChI is InChI=1S/C12H8F3NO4S/c13-12(14,15)7-2-1-3-8(6-7)20-11(17)9-4-5-21(18,19)10(9)16/h1-6H,16H2. The van der Waals surface area contributed by atoms with Crippen molar-refractivity contribution in [3.8, 4) is 5.75 Å². The third-order valence-corrected chi connectivity index (χ3v) is 3.91. The van der Waals surface area contributed by atoms with Gasteiger partial charge in [-0.1, -0.05) is 6.07 Å². The maximum Gasteiger partial charge on any atom is 0.416 e. The fourth-order valence-corrected chi connectivity index (χ4v) is 2.45. The van der Waals surface area contributed by atoms with Crippen LogP contribution in [0.15, 0.2) is 46.4 Å². The summed E-state index contributed by atoms with van der Waals surface area (Å²) in [6.07, 6.45) is -3.65. The molecule has 0 aromatic heterocycles. The quantitative estimate of drug-likeness (QED) is 0.662. The molecule has 1 aromatic rings. The largest absolute Gasteiger partial charge is 0.423 e. The van der Waals surface area contributed by atoms with Gasteiger partial charge >= 0.3 is 12.1 Å². The first-order valence-electron chi connectivity index (χ1n) is 5.43. The lowest BCUT2D eigenvalue weighted by molar-refractivity contribution is -0.138. The van der Waals surface area contributed by atoms with Gasteiger partial charge in [0.1, 0.15) is 10.8 Å². The average molecular weight is 319 g/mol. The van der Waals surface area contributed by atoms with E-state index in [2.05, 4.69) is 0 Å². The van der Waals surface area contributed by atoms with Gasteiger partial charge < -0.3 is 10.5 Å². The summed E-state index contributed by atoms with van der Waals surface area (Å²) in [6.45, 7) is 0. The Hall–Kier alpha value is -2.29. The van der Waals surface area contributed by atoms with Crippen LogP contribution in [-0.4, -0.2) is 14.4 Å². The van der Waals surface area contributed by atoms with Gasteiger partial charge in [0.05, 0.1) is 11.1 Å². The number of esters is 1. The number of hydrogen-bond donors (Lipinski definition) is 1. The fourth-order valence-electron chi connectivity index (χ4n) is 1.53. The predicted octanol–water partition coefficient (Wildman–Crippen LogP) is 1.72. The Morgan fingerprint density at radius 1 is 1.24 bits per heavy atom. The Labute approximate surface area is 117 Å². The summed E-state index contributed by atoms with van der Waals surface area (Å²) in [5.41, 5.74) is 3.84. The lowest BCUT2D eigenvalue weighted by Crippen LogP contribution is -2.16. The van der Waals surface area contributed by atoms with Gasteiger partial charge in [0.25, 0.3) is 0 Å². The monoisotopic (exact) mass is 319 g/mol. The average Bonchev–Trinajstić information content (AvgIpc) is 2.64. The summed E-state index contributed by atoms with van der Waals surface area (Å²) in [5.74, 6) is -1.52. The van der Waals surface area contributed by atoms with Crippen LogP contribution in [0, 0.1) is 0 Å². The molecule has 0 fully saturated rings. The maximum absolute atomic E-state index is 12.5. The summed E-state index contributed by atoms with van der Waals surface area (Å²) < 4.78 is 64.8. The van der Waals surface area contributed by atoms with Crippen LogP contribution in [0.4, 0.5) is 13.2 Å². The first kappa shape index (κ1) is 15.1. The molecule has 0 amide bonds. The topological polar surface area (TPSA) is 86.5 Å². The van der Waals surface area contributed by atoms with Crippen LogP contribution in [0.5, 0.6) is 5.75 Å². The molecule has 0 saturated heterocycles. The van der Waals surface area contributed by atoms with Crippen molar-refractivity contribution in [1.82, 2.24) is 0 Å². The second-order valence-corrected chi connectivity index (χ2v) is 5.84. The predicted molar refractivity (Wildman–Crippen MR) is 66.4 cm³/mol. The molecule has 1 aromatic carbocycles. The van der Waals surface area contributed by atoms with Gasteiger partial charge in [-0.2, -0.15) is 13.2 Å². The smallest absolute Gasteiger partial charge is 0.416 e. The SMILES string of the molecule is NC1=C(C(=O)Oc2cccc(C(F)(F)F)c2)C=CS1(=O)=O. The molecule has 0 spiro atoms. The Morgan fingerprint density at radius 3 is 2.43 bits per heavy atom. The normalized spacial score (nSPS) is 17.1. The minimum absolute atomic E-state index is 0.368. The second kappa shape index (κ2) is 4.92. The van der Waals surface area contributed by atoms with Crippen molar-refractivity contribution >= 4 is 15.8 Å². The molecule has 0 aliphatic carbocycles. The van der Waals surface area contributed by atoms with Gasteiger partial charge in [-0.05, 0) is 24.3 Å². The molecular weight excluding hydrogens is 311 g/mol. The van der Waals surface area contributed by atoms with E-state index in [-0.39, 0.29) is 5.75 Å². The molecule has 1 heterocycles. The van der Waals surface area contributed by atoms with E-state index in [4.69, 9.17) is 10.5 Å². The lowest BCUT2D eigenvalue weighted by atomic mass is 10.2. The molecular formula is C12H8F3NO4S. The summed E-state index contributed by atoms with van der Waals surface area (Å²) in [6, 6.07) is 3.63. The van der Waals surface area contributed by atoms with Crippen LogP contribution < -0.4 is 10.5 Å². The minimum Gasteiger partial charge on any atom is -0.423 e. The van der Waals surface area contributed by atoms with Gasteiger partial charge in [-0.25, -0.2) is 13.2 Å². The number of nitrogens with two attached hydrogens (primary N) is 1. The Morgan fingerprint density at radius 2 is 1.90 bits per heavy atom. The van der Waals surface area contributed by atoms with Gasteiger partial charge in [0.2, 0.25) is 9.84 Å². The Balaban J connectivity index is 2.26. The third-order valence-electron chi connectivity index (χ3n) is 2.58. The van der Waals surface area contributed by atoms with E-state index in [1.54, 1.807) is 0 Å². The van der Waals surface area contributed by atoms with Crippen molar-refractivity contribution in [1.29, 1.82) is 0 Å². The number of sulfone groups is 1. The summed E-state index contributed by atoms with van der Waals surface area (Å²) in [4.78, 5) is 11.7. The van der Waals surface area contributed by atoms with Gasteiger partial charge in [-0.3, -0.25) is 0 Å². The molecule has 2 N–H and O–H groups in total. The molecule has 0 bridgehead atoms. The van der Waals surface area contributed by atoms with Crippen molar-refractivity contribution in [3.05, 3.63) is 51.9 Å². The van der Waals surface area contributed by atoms with Crippen molar-refractivity contribution in [2.75, 3.05) is 0 Å². The zero-order valence-electron chi connectivity index (χ0n) is 10.2. The summed E-state index contributed by atoms with van der Waals surface area (Å²) >= 11 is 0. The Bertz CT molecular complexity index is 763. The van der Waals surface area contributed by atoms with E-state index in [1.165, 1.54) is 0 Å².